The molecular formula is C21H21FN2O3. The third-order valence-corrected chi connectivity index (χ3v) is 4.58. The number of benzene rings is 2. The van der Waals surface area contributed by atoms with Gasteiger partial charge in [0, 0.05) is 24.2 Å². The van der Waals surface area contributed by atoms with E-state index in [-0.39, 0.29) is 23.4 Å². The number of hydrogen-bond donors (Lipinski definition) is 1. The molecule has 1 amide bonds. The van der Waals surface area contributed by atoms with Gasteiger partial charge >= 0.3 is 0 Å². The number of carbonyl (C=O) groups excluding carboxylic acids is 2. The Morgan fingerprint density at radius 1 is 1.07 bits per heavy atom. The van der Waals surface area contributed by atoms with E-state index in [2.05, 4.69) is 0 Å². The van der Waals surface area contributed by atoms with Crippen molar-refractivity contribution in [2.24, 2.45) is 0 Å². The SMILES string of the molecule is CN(C)CCN1C(=O)C(=O)/C(=C(/O)c2ccccc2)[C@@H]1c1ccccc1F. The molecule has 5 nitrogen and oxygen atoms in total. The van der Waals surface area contributed by atoms with Gasteiger partial charge in [-0.3, -0.25) is 9.59 Å². The number of likely N-dealkylation sites (N-methyl/N-ethyl adjacent to an activating group) is 1. The summed E-state index contributed by atoms with van der Waals surface area (Å²) in [6.07, 6.45) is 0. The molecule has 140 valence electrons. The highest BCUT2D eigenvalue weighted by molar-refractivity contribution is 6.46. The Labute approximate surface area is 157 Å². The average Bonchev–Trinajstić information content (AvgIpc) is 2.91. The molecule has 0 unspecified atom stereocenters. The molecule has 27 heavy (non-hydrogen) atoms. The molecule has 2 aromatic rings. The normalized spacial score (nSPS) is 19.1. The zero-order valence-corrected chi connectivity index (χ0v) is 15.2. The lowest BCUT2D eigenvalue weighted by molar-refractivity contribution is -0.140. The van der Waals surface area contributed by atoms with Crippen molar-refractivity contribution in [3.8, 4) is 0 Å². The number of rotatable bonds is 5. The smallest absolute Gasteiger partial charge is 0.295 e. The van der Waals surface area contributed by atoms with Crippen LogP contribution in [-0.2, 0) is 9.59 Å². The minimum Gasteiger partial charge on any atom is -0.507 e. The molecule has 0 radical (unpaired) electrons. The van der Waals surface area contributed by atoms with Crippen molar-refractivity contribution in [3.05, 3.63) is 77.1 Å². The maximum absolute atomic E-state index is 14.5. The third kappa shape index (κ3) is 3.61. The summed E-state index contributed by atoms with van der Waals surface area (Å²) in [5.74, 6) is -2.36. The molecule has 2 aromatic carbocycles. The lowest BCUT2D eigenvalue weighted by Gasteiger charge is -2.26. The van der Waals surface area contributed by atoms with Crippen LogP contribution < -0.4 is 0 Å². The van der Waals surface area contributed by atoms with Crippen molar-refractivity contribution >= 4 is 17.4 Å². The van der Waals surface area contributed by atoms with Crippen molar-refractivity contribution < 1.29 is 19.1 Å². The number of carbonyl (C=O) groups is 2. The molecule has 1 fully saturated rings. The van der Waals surface area contributed by atoms with Gasteiger partial charge in [0.15, 0.2) is 0 Å². The first-order valence-electron chi connectivity index (χ1n) is 8.64. The van der Waals surface area contributed by atoms with Gasteiger partial charge in [-0.15, -0.1) is 0 Å². The summed E-state index contributed by atoms with van der Waals surface area (Å²) in [5, 5.41) is 10.8. The molecule has 0 saturated carbocycles. The zero-order chi connectivity index (χ0) is 19.6. The van der Waals surface area contributed by atoms with Gasteiger partial charge in [0.05, 0.1) is 11.6 Å². The summed E-state index contributed by atoms with van der Waals surface area (Å²) in [7, 11) is 3.69. The van der Waals surface area contributed by atoms with E-state index in [1.165, 1.54) is 17.0 Å². The number of aliphatic hydroxyl groups is 1. The summed E-state index contributed by atoms with van der Waals surface area (Å²) in [4.78, 5) is 28.6. The number of amides is 1. The lowest BCUT2D eigenvalue weighted by Crippen LogP contribution is -2.35. The number of likely N-dealkylation sites (tertiary alicyclic amines) is 1. The third-order valence-electron chi connectivity index (χ3n) is 4.58. The topological polar surface area (TPSA) is 60.9 Å². The van der Waals surface area contributed by atoms with Crippen LogP contribution in [0.3, 0.4) is 0 Å². The van der Waals surface area contributed by atoms with Crippen molar-refractivity contribution in [1.29, 1.82) is 0 Å². The van der Waals surface area contributed by atoms with E-state index in [1.54, 1.807) is 42.5 Å². The molecule has 3 rings (SSSR count). The maximum atomic E-state index is 14.5. The second-order valence-corrected chi connectivity index (χ2v) is 6.68. The molecule has 0 aliphatic carbocycles. The van der Waals surface area contributed by atoms with Gasteiger partial charge in [-0.25, -0.2) is 4.39 Å². The number of Topliss-reactive ketones (excluding diaryl/α,β-unsaturated/α-hetero) is 1. The van der Waals surface area contributed by atoms with Gasteiger partial charge in [0.25, 0.3) is 11.7 Å². The van der Waals surface area contributed by atoms with Gasteiger partial charge in [-0.05, 0) is 20.2 Å². The van der Waals surface area contributed by atoms with E-state index in [0.717, 1.165) is 0 Å². The number of halogens is 1. The van der Waals surface area contributed by atoms with Crippen LogP contribution >= 0.6 is 0 Å². The first-order valence-corrected chi connectivity index (χ1v) is 8.64. The first-order chi connectivity index (χ1) is 12.9. The molecule has 6 heteroatoms. The molecule has 1 aliphatic rings. The Hall–Kier alpha value is -2.99. The zero-order valence-electron chi connectivity index (χ0n) is 15.2. The van der Waals surface area contributed by atoms with Crippen molar-refractivity contribution in [1.82, 2.24) is 9.80 Å². The molecule has 1 aliphatic heterocycles. The molecular weight excluding hydrogens is 347 g/mol. The van der Waals surface area contributed by atoms with E-state index >= 15 is 0 Å². The predicted molar refractivity (Wildman–Crippen MR) is 100 cm³/mol. The van der Waals surface area contributed by atoms with Crippen LogP contribution in [0.4, 0.5) is 4.39 Å². The van der Waals surface area contributed by atoms with Gasteiger partial charge < -0.3 is 14.9 Å². The summed E-state index contributed by atoms with van der Waals surface area (Å²) in [6, 6.07) is 13.5. The number of aliphatic hydroxyl groups excluding tert-OH is 1. The van der Waals surface area contributed by atoms with Gasteiger partial charge in [0.1, 0.15) is 11.6 Å². The fourth-order valence-electron chi connectivity index (χ4n) is 3.19. The Bertz CT molecular complexity index is 893. The van der Waals surface area contributed by atoms with Gasteiger partial charge in [0.2, 0.25) is 0 Å². The molecule has 1 heterocycles. The Balaban J connectivity index is 2.17. The van der Waals surface area contributed by atoms with Crippen molar-refractivity contribution in [2.75, 3.05) is 27.2 Å². The van der Waals surface area contributed by atoms with Gasteiger partial charge in [-0.2, -0.15) is 0 Å². The van der Waals surface area contributed by atoms with Gasteiger partial charge in [-0.1, -0.05) is 48.5 Å². The standard InChI is InChI=1S/C21H21FN2O3/c1-23(2)12-13-24-18(15-10-6-7-11-16(15)22)17(20(26)21(24)27)19(25)14-8-4-3-5-9-14/h3-11,18,25H,12-13H2,1-2H3/b19-17+/t18-/m0/s1. The van der Waals surface area contributed by atoms with E-state index in [0.29, 0.717) is 12.1 Å². The van der Waals surface area contributed by atoms with E-state index < -0.39 is 23.5 Å². The van der Waals surface area contributed by atoms with Crippen LogP contribution in [0.1, 0.15) is 17.2 Å². The van der Waals surface area contributed by atoms with Crippen LogP contribution in [0.15, 0.2) is 60.2 Å². The second kappa shape index (κ2) is 7.72. The number of ketones is 1. The Morgan fingerprint density at radius 2 is 1.70 bits per heavy atom. The molecule has 0 bridgehead atoms. The maximum Gasteiger partial charge on any atom is 0.295 e. The summed E-state index contributed by atoms with van der Waals surface area (Å²) in [5.41, 5.74) is 0.507. The van der Waals surface area contributed by atoms with Crippen LogP contribution in [0.5, 0.6) is 0 Å². The van der Waals surface area contributed by atoms with Crippen LogP contribution in [-0.4, -0.2) is 53.8 Å². The minimum atomic E-state index is -0.966. The molecule has 1 N–H and O–H groups in total. The fraction of sp³-hybridized carbons (Fsp3) is 0.238. The van der Waals surface area contributed by atoms with E-state index in [1.807, 2.05) is 19.0 Å². The van der Waals surface area contributed by atoms with Crippen molar-refractivity contribution in [2.45, 2.75) is 6.04 Å². The number of hydrogen-bond acceptors (Lipinski definition) is 4. The second-order valence-electron chi connectivity index (χ2n) is 6.68. The van der Waals surface area contributed by atoms with Crippen LogP contribution in [0.25, 0.3) is 5.76 Å². The highest BCUT2D eigenvalue weighted by atomic mass is 19.1. The summed E-state index contributed by atoms with van der Waals surface area (Å²) < 4.78 is 14.5. The molecule has 1 saturated heterocycles. The largest absolute Gasteiger partial charge is 0.507 e. The summed E-state index contributed by atoms with van der Waals surface area (Å²) in [6.45, 7) is 0.742. The highest BCUT2D eigenvalue weighted by Crippen LogP contribution is 2.40. The Morgan fingerprint density at radius 3 is 2.33 bits per heavy atom. The quantitative estimate of drug-likeness (QED) is 0.501. The fourth-order valence-corrected chi connectivity index (χ4v) is 3.19. The molecule has 0 spiro atoms. The van der Waals surface area contributed by atoms with E-state index in [4.69, 9.17) is 0 Å². The average molecular weight is 368 g/mol. The van der Waals surface area contributed by atoms with Crippen molar-refractivity contribution in [3.63, 3.8) is 0 Å². The Kier molecular flexibility index (Phi) is 5.37. The first kappa shape index (κ1) is 18.8. The van der Waals surface area contributed by atoms with Crippen LogP contribution in [0, 0.1) is 5.82 Å². The lowest BCUT2D eigenvalue weighted by atomic mass is 9.95. The number of nitrogens with zero attached hydrogens (tertiary/aromatic N) is 2. The highest BCUT2D eigenvalue weighted by Gasteiger charge is 2.46. The molecule has 0 aromatic heterocycles. The van der Waals surface area contributed by atoms with E-state index in [9.17, 15) is 19.1 Å². The summed E-state index contributed by atoms with van der Waals surface area (Å²) >= 11 is 0. The van der Waals surface area contributed by atoms with Crippen LogP contribution in [0.2, 0.25) is 0 Å². The molecule has 1 atom stereocenters. The predicted octanol–water partition coefficient (Wildman–Crippen LogP) is 2.81. The monoisotopic (exact) mass is 368 g/mol. The minimum absolute atomic E-state index is 0.0879.